The average Bonchev–Trinajstić information content (AvgIpc) is 3.81. The Hall–Kier alpha value is -4.75. The lowest BCUT2D eigenvalue weighted by atomic mass is 9.74. The Labute approximate surface area is 254 Å². The van der Waals surface area contributed by atoms with Gasteiger partial charge < -0.3 is 19.7 Å². The third-order valence-electron chi connectivity index (χ3n) is 9.15. The Kier molecular flexibility index (Phi) is 7.26. The van der Waals surface area contributed by atoms with Crippen LogP contribution in [0.3, 0.4) is 0 Å². The van der Waals surface area contributed by atoms with Crippen molar-refractivity contribution in [3.63, 3.8) is 0 Å². The summed E-state index contributed by atoms with van der Waals surface area (Å²) in [7, 11) is 3.20. The molecule has 44 heavy (non-hydrogen) atoms. The number of amides is 2. The number of benzene rings is 1. The van der Waals surface area contributed by atoms with Crippen LogP contribution in [0.15, 0.2) is 61.1 Å². The molecule has 1 spiro atoms. The second kappa shape index (κ2) is 11.4. The van der Waals surface area contributed by atoms with E-state index in [9.17, 15) is 9.59 Å². The summed E-state index contributed by atoms with van der Waals surface area (Å²) in [5.41, 5.74) is 8.81. The summed E-state index contributed by atoms with van der Waals surface area (Å²) in [5, 5.41) is 7.86. The van der Waals surface area contributed by atoms with Crippen LogP contribution in [0.2, 0.25) is 0 Å². The molecule has 0 radical (unpaired) electrons. The van der Waals surface area contributed by atoms with Crippen LogP contribution in [0, 0.1) is 5.41 Å². The second-order valence-corrected chi connectivity index (χ2v) is 11.6. The zero-order valence-corrected chi connectivity index (χ0v) is 24.7. The number of likely N-dealkylation sites (tertiary alicyclic amines) is 1. The topological polar surface area (TPSA) is 138 Å². The number of methoxy groups -OCH3 is 2. The first-order valence-electron chi connectivity index (χ1n) is 14.8. The molecular weight excluding hydrogens is 562 g/mol. The lowest BCUT2D eigenvalue weighted by Crippen LogP contribution is -2.50. The van der Waals surface area contributed by atoms with Crippen LogP contribution in [0.1, 0.15) is 34.7 Å². The lowest BCUT2D eigenvalue weighted by molar-refractivity contribution is -0.119. The predicted molar refractivity (Wildman–Crippen MR) is 163 cm³/mol. The van der Waals surface area contributed by atoms with Crippen LogP contribution in [-0.4, -0.2) is 89.3 Å². The van der Waals surface area contributed by atoms with Gasteiger partial charge in [0.15, 0.2) is 0 Å². The molecule has 228 valence electrons. The maximum absolute atomic E-state index is 14.2. The highest BCUT2D eigenvalue weighted by molar-refractivity contribution is 6.02. The van der Waals surface area contributed by atoms with Gasteiger partial charge in [0.05, 0.1) is 31.5 Å². The van der Waals surface area contributed by atoms with Gasteiger partial charge in [-0.25, -0.2) is 9.50 Å². The van der Waals surface area contributed by atoms with Crippen molar-refractivity contribution in [2.24, 2.45) is 5.41 Å². The zero-order valence-electron chi connectivity index (χ0n) is 24.7. The van der Waals surface area contributed by atoms with Gasteiger partial charge in [0.1, 0.15) is 11.8 Å². The number of piperidine rings is 1. The highest BCUT2D eigenvalue weighted by atomic mass is 16.5. The van der Waals surface area contributed by atoms with Crippen molar-refractivity contribution in [2.75, 3.05) is 57.2 Å². The summed E-state index contributed by atoms with van der Waals surface area (Å²) < 4.78 is 12.8. The monoisotopic (exact) mass is 597 g/mol. The van der Waals surface area contributed by atoms with Crippen LogP contribution in [0.25, 0.3) is 5.52 Å². The summed E-state index contributed by atoms with van der Waals surface area (Å²) in [4.78, 5) is 40.7. The van der Waals surface area contributed by atoms with E-state index in [4.69, 9.17) is 14.5 Å². The minimum atomic E-state index is -0.554. The van der Waals surface area contributed by atoms with Gasteiger partial charge in [-0.05, 0) is 37.1 Å². The lowest BCUT2D eigenvalue weighted by Gasteiger charge is -2.42. The van der Waals surface area contributed by atoms with Crippen LogP contribution >= 0.6 is 0 Å². The fraction of sp³-hybridized carbons (Fsp3) is 0.387. The van der Waals surface area contributed by atoms with Crippen molar-refractivity contribution in [3.05, 3.63) is 72.2 Å². The third kappa shape index (κ3) is 4.87. The fourth-order valence-corrected chi connectivity index (χ4v) is 6.66. The van der Waals surface area contributed by atoms with Crippen LogP contribution in [0.5, 0.6) is 11.6 Å². The van der Waals surface area contributed by atoms with Gasteiger partial charge in [0.25, 0.3) is 11.8 Å². The van der Waals surface area contributed by atoms with E-state index in [2.05, 4.69) is 26.3 Å². The van der Waals surface area contributed by atoms with E-state index in [1.165, 1.54) is 0 Å². The second-order valence-electron chi connectivity index (χ2n) is 11.6. The molecule has 3 aromatic heterocycles. The number of hydrazine groups is 1. The maximum atomic E-state index is 14.2. The molecule has 3 saturated heterocycles. The van der Waals surface area contributed by atoms with Gasteiger partial charge in [-0.2, -0.15) is 10.1 Å². The summed E-state index contributed by atoms with van der Waals surface area (Å²) in [5.74, 6) is 1.46. The summed E-state index contributed by atoms with van der Waals surface area (Å²) in [6, 6.07) is 12.7. The van der Waals surface area contributed by atoms with Gasteiger partial charge in [-0.15, -0.1) is 0 Å². The number of hydrogen-bond acceptors (Lipinski definition) is 10. The predicted octanol–water partition coefficient (Wildman–Crippen LogP) is 2.08. The smallest absolute Gasteiger partial charge is 0.257 e. The summed E-state index contributed by atoms with van der Waals surface area (Å²) >= 11 is 0. The highest BCUT2D eigenvalue weighted by Gasteiger charge is 2.55. The van der Waals surface area contributed by atoms with Crippen molar-refractivity contribution in [1.82, 2.24) is 35.3 Å². The van der Waals surface area contributed by atoms with Gasteiger partial charge >= 0.3 is 0 Å². The van der Waals surface area contributed by atoms with Crippen molar-refractivity contribution >= 4 is 29.0 Å². The summed E-state index contributed by atoms with van der Waals surface area (Å²) in [6.45, 7) is 2.90. The quantitative estimate of drug-likeness (QED) is 0.290. The minimum Gasteiger partial charge on any atom is -0.497 e. The molecule has 6 heterocycles. The maximum Gasteiger partial charge on any atom is 0.257 e. The molecule has 0 saturated carbocycles. The van der Waals surface area contributed by atoms with Gasteiger partial charge in [-0.1, -0.05) is 12.1 Å². The standard InChI is InChI=1S/C31H35N9O4/c1-43-22-7-5-6-21(14-22)36-26-29(42)39(30-32-17-23(27(37-30)44-2)20-15-33-34-16-20)19-31(26)9-12-38(13-10-31)28(41)24-18-35-40-11-4-3-8-25(24)40/h3-8,11,14,17-18,20,26,33-34,36H,9-10,12-13,15-16,19H2,1-2H3. The Morgan fingerprint density at radius 1 is 1.05 bits per heavy atom. The number of hydrogen-bond donors (Lipinski definition) is 3. The van der Waals surface area contributed by atoms with Crippen LogP contribution in [-0.2, 0) is 4.79 Å². The molecule has 1 aromatic carbocycles. The Balaban J connectivity index is 1.17. The van der Waals surface area contributed by atoms with Crippen molar-refractivity contribution in [2.45, 2.75) is 24.8 Å². The Morgan fingerprint density at radius 3 is 2.64 bits per heavy atom. The molecule has 1 atom stereocenters. The summed E-state index contributed by atoms with van der Waals surface area (Å²) in [6.07, 6.45) is 6.46. The molecule has 3 fully saturated rings. The minimum absolute atomic E-state index is 0.0564. The molecule has 2 amide bonds. The number of nitrogens with zero attached hydrogens (tertiary/aromatic N) is 6. The number of rotatable bonds is 7. The molecule has 3 aliphatic heterocycles. The van der Waals surface area contributed by atoms with Crippen molar-refractivity contribution in [3.8, 4) is 11.6 Å². The molecule has 7 rings (SSSR count). The molecule has 0 aliphatic carbocycles. The Bertz CT molecular complexity index is 1690. The fourth-order valence-electron chi connectivity index (χ4n) is 6.66. The SMILES string of the molecule is COc1cccc(NC2C(=O)N(c3ncc(C4CNNC4)c(OC)n3)CC23CCN(C(=O)c2cnn4ccccc24)CC3)c1. The molecule has 1 unspecified atom stereocenters. The number of carbonyl (C=O) groups is 2. The highest BCUT2D eigenvalue weighted by Crippen LogP contribution is 2.44. The Morgan fingerprint density at radius 2 is 1.86 bits per heavy atom. The van der Waals surface area contributed by atoms with E-state index in [1.54, 1.807) is 36.0 Å². The van der Waals surface area contributed by atoms with E-state index in [0.717, 1.165) is 29.9 Å². The van der Waals surface area contributed by atoms with Crippen LogP contribution in [0.4, 0.5) is 11.6 Å². The first-order chi connectivity index (χ1) is 21.5. The first-order valence-corrected chi connectivity index (χ1v) is 14.8. The zero-order chi connectivity index (χ0) is 30.3. The average molecular weight is 598 g/mol. The van der Waals surface area contributed by atoms with Gasteiger partial charge in [0.2, 0.25) is 11.8 Å². The van der Waals surface area contributed by atoms with E-state index in [1.807, 2.05) is 53.6 Å². The van der Waals surface area contributed by atoms with Gasteiger partial charge in [0, 0.05) is 73.8 Å². The third-order valence-corrected chi connectivity index (χ3v) is 9.15. The normalized spacial score (nSPS) is 20.0. The van der Waals surface area contributed by atoms with Crippen molar-refractivity contribution < 1.29 is 19.1 Å². The molecule has 13 nitrogen and oxygen atoms in total. The number of aromatic nitrogens is 4. The van der Waals surface area contributed by atoms with E-state index in [-0.39, 0.29) is 17.7 Å². The number of anilines is 2. The molecular formula is C31H35N9O4. The van der Waals surface area contributed by atoms with E-state index >= 15 is 0 Å². The molecule has 3 N–H and O–H groups in total. The largest absolute Gasteiger partial charge is 0.497 e. The number of carbonyl (C=O) groups excluding carboxylic acids is 2. The first kappa shape index (κ1) is 28.0. The molecule has 4 aromatic rings. The van der Waals surface area contributed by atoms with Crippen molar-refractivity contribution in [1.29, 1.82) is 0 Å². The number of ether oxygens (including phenoxy) is 2. The number of pyridine rings is 1. The molecule has 3 aliphatic rings. The van der Waals surface area contributed by atoms with Gasteiger partial charge in [-0.3, -0.25) is 25.3 Å². The number of nitrogens with one attached hydrogen (secondary N) is 3. The van der Waals surface area contributed by atoms with E-state index < -0.39 is 11.5 Å². The number of fused-ring (bicyclic) bond motifs is 1. The van der Waals surface area contributed by atoms with E-state index in [0.29, 0.717) is 55.6 Å². The van der Waals surface area contributed by atoms with Crippen LogP contribution < -0.4 is 30.5 Å². The molecule has 13 heteroatoms. The molecule has 0 bridgehead atoms.